The Morgan fingerprint density at radius 1 is 1.18 bits per heavy atom. The van der Waals surface area contributed by atoms with Crippen molar-refractivity contribution >= 4 is 17.6 Å². The zero-order chi connectivity index (χ0) is 28.5. The predicted octanol–water partition coefficient (Wildman–Crippen LogP) is 4.22. The van der Waals surface area contributed by atoms with Crippen molar-refractivity contribution in [1.29, 1.82) is 0 Å². The van der Waals surface area contributed by atoms with Crippen LogP contribution in [0.5, 0.6) is 5.75 Å². The molecular weight excluding hydrogens is 508 g/mol. The van der Waals surface area contributed by atoms with Gasteiger partial charge >= 0.3 is 6.03 Å². The quantitative estimate of drug-likeness (QED) is 0.576. The molecule has 0 unspecified atom stereocenters. The molecule has 2 aromatic rings. The average Bonchev–Trinajstić information content (AvgIpc) is 2.96. The van der Waals surface area contributed by atoms with Crippen LogP contribution in [0, 0.1) is 17.3 Å². The zero-order valence-corrected chi connectivity index (χ0v) is 24.1. The molecule has 3 heterocycles. The number of nitrogens with one attached hydrogen (secondary N) is 1. The van der Waals surface area contributed by atoms with E-state index in [2.05, 4.69) is 10.3 Å². The highest BCUT2D eigenvalue weighted by atomic mass is 16.5. The number of carbonyl (C=O) groups excluding carboxylic acids is 2. The summed E-state index contributed by atoms with van der Waals surface area (Å²) in [6.07, 6.45) is 6.20. The third kappa shape index (κ3) is 8.17. The second-order valence-electron chi connectivity index (χ2n) is 11.8. The number of aromatic nitrogens is 1. The van der Waals surface area contributed by atoms with E-state index in [-0.39, 0.29) is 30.3 Å². The molecule has 2 aliphatic rings. The molecule has 0 saturated carbocycles. The largest absolute Gasteiger partial charge is 0.497 e. The van der Waals surface area contributed by atoms with Crippen molar-refractivity contribution in [3.05, 3.63) is 54.4 Å². The van der Waals surface area contributed by atoms with Crippen LogP contribution in [0.25, 0.3) is 0 Å². The molecule has 2 N–H and O–H groups in total. The Labute approximate surface area is 237 Å². The van der Waals surface area contributed by atoms with E-state index in [4.69, 9.17) is 9.47 Å². The first-order chi connectivity index (χ1) is 19.2. The first-order valence-corrected chi connectivity index (χ1v) is 14.4. The lowest BCUT2D eigenvalue weighted by molar-refractivity contribution is -0.136. The van der Waals surface area contributed by atoms with Crippen molar-refractivity contribution in [2.75, 3.05) is 51.8 Å². The Morgan fingerprint density at radius 3 is 2.70 bits per heavy atom. The highest BCUT2D eigenvalue weighted by molar-refractivity contribution is 5.89. The second kappa shape index (κ2) is 13.9. The predicted molar refractivity (Wildman–Crippen MR) is 154 cm³/mol. The van der Waals surface area contributed by atoms with Gasteiger partial charge in [-0.25, -0.2) is 4.79 Å². The van der Waals surface area contributed by atoms with Crippen LogP contribution in [0.1, 0.15) is 45.1 Å². The molecule has 2 aliphatic heterocycles. The van der Waals surface area contributed by atoms with E-state index >= 15 is 0 Å². The number of aliphatic hydroxyl groups excluding tert-OH is 1. The monoisotopic (exact) mass is 552 g/mol. The minimum atomic E-state index is -0.707. The number of methoxy groups -OCH3 is 1. The second-order valence-corrected chi connectivity index (χ2v) is 11.8. The van der Waals surface area contributed by atoms with Gasteiger partial charge in [-0.2, -0.15) is 0 Å². The third-order valence-electron chi connectivity index (χ3n) is 8.34. The molecule has 1 aromatic heterocycles. The fraction of sp³-hybridized carbons (Fsp3) is 0.581. The van der Waals surface area contributed by atoms with Gasteiger partial charge in [0, 0.05) is 50.8 Å². The number of nitrogens with zero attached hydrogens (tertiary/aromatic N) is 3. The van der Waals surface area contributed by atoms with Gasteiger partial charge in [0.2, 0.25) is 5.91 Å². The number of benzene rings is 1. The Hall–Kier alpha value is -3.17. The van der Waals surface area contributed by atoms with Crippen LogP contribution in [0.4, 0.5) is 10.5 Å². The van der Waals surface area contributed by atoms with E-state index < -0.39 is 11.5 Å². The highest BCUT2D eigenvalue weighted by Crippen LogP contribution is 2.32. The van der Waals surface area contributed by atoms with Crippen molar-refractivity contribution in [2.45, 2.75) is 52.1 Å². The van der Waals surface area contributed by atoms with Gasteiger partial charge in [0.25, 0.3) is 0 Å². The Bertz CT molecular complexity index is 1090. The van der Waals surface area contributed by atoms with Gasteiger partial charge < -0.3 is 29.7 Å². The summed E-state index contributed by atoms with van der Waals surface area (Å²) >= 11 is 0. The van der Waals surface area contributed by atoms with E-state index in [1.54, 1.807) is 25.6 Å². The van der Waals surface area contributed by atoms with E-state index in [1.165, 1.54) is 0 Å². The number of anilines is 1. The van der Waals surface area contributed by atoms with E-state index in [0.29, 0.717) is 51.4 Å². The van der Waals surface area contributed by atoms with Gasteiger partial charge in [-0.05, 0) is 67.3 Å². The summed E-state index contributed by atoms with van der Waals surface area (Å²) < 4.78 is 11.3. The minimum absolute atomic E-state index is 0.0618. The third-order valence-corrected chi connectivity index (χ3v) is 8.34. The first-order valence-electron chi connectivity index (χ1n) is 14.4. The number of carbonyl (C=O) groups is 2. The first kappa shape index (κ1) is 29.8. The summed E-state index contributed by atoms with van der Waals surface area (Å²) in [7, 11) is 1.64. The standard InChI is InChI=1S/C31H44N4O5/c1-31(2)22-40-17-5-6-25-20-35(30(38)33-26-7-4-14-32-19-26)16-13-24(25)18-29(37)34(21-28(31)36)15-12-23-8-10-27(39-3)11-9-23/h4,7-11,14,19,24-25,28,36H,5-6,12-13,15-18,20-22H2,1-3H3,(H,33,38)/t24-,25-,28-/m0/s1. The fourth-order valence-electron chi connectivity index (χ4n) is 5.56. The Balaban J connectivity index is 1.46. The van der Waals surface area contributed by atoms with Gasteiger partial charge in [-0.1, -0.05) is 26.0 Å². The van der Waals surface area contributed by atoms with Crippen molar-refractivity contribution in [3.8, 4) is 5.75 Å². The zero-order valence-electron chi connectivity index (χ0n) is 24.1. The molecule has 3 atom stereocenters. The maximum Gasteiger partial charge on any atom is 0.321 e. The molecule has 4 rings (SSSR count). The summed E-state index contributed by atoms with van der Waals surface area (Å²) in [5.74, 6) is 1.23. The number of pyridine rings is 1. The van der Waals surface area contributed by atoms with Crippen molar-refractivity contribution in [3.63, 3.8) is 0 Å². The topological polar surface area (TPSA) is 104 Å². The molecule has 3 amide bonds. The lowest BCUT2D eigenvalue weighted by atomic mass is 9.80. The van der Waals surface area contributed by atoms with Crippen LogP contribution < -0.4 is 10.1 Å². The van der Waals surface area contributed by atoms with E-state index in [1.807, 2.05) is 54.0 Å². The molecule has 218 valence electrons. The molecule has 0 bridgehead atoms. The van der Waals surface area contributed by atoms with Crippen molar-refractivity contribution in [1.82, 2.24) is 14.8 Å². The number of β-amino-alcohol motifs (C(OH)–C–C–N with tert-alkyl or cyclic N) is 1. The van der Waals surface area contributed by atoms with Crippen LogP contribution >= 0.6 is 0 Å². The summed E-state index contributed by atoms with van der Waals surface area (Å²) in [5.41, 5.74) is 1.29. The van der Waals surface area contributed by atoms with Gasteiger partial charge in [0.05, 0.1) is 31.7 Å². The van der Waals surface area contributed by atoms with E-state index in [0.717, 1.165) is 30.6 Å². The fourth-order valence-corrected chi connectivity index (χ4v) is 5.56. The average molecular weight is 553 g/mol. The number of ether oxygens (including phenoxy) is 2. The van der Waals surface area contributed by atoms with Crippen LogP contribution in [0.2, 0.25) is 0 Å². The number of piperidine rings is 1. The van der Waals surface area contributed by atoms with Crippen molar-refractivity contribution in [2.24, 2.45) is 17.3 Å². The SMILES string of the molecule is COc1ccc(CCN2C[C@H](O)C(C)(C)COCCC[C@H]3CN(C(=O)Nc4cccnc4)CC[C@H]3CC2=O)cc1. The van der Waals surface area contributed by atoms with Crippen LogP contribution in [0.3, 0.4) is 0 Å². The summed E-state index contributed by atoms with van der Waals surface area (Å²) in [6.45, 7) is 6.98. The smallest absolute Gasteiger partial charge is 0.321 e. The van der Waals surface area contributed by atoms with Crippen molar-refractivity contribution < 1.29 is 24.2 Å². The molecule has 1 aromatic carbocycles. The Kier molecular flexibility index (Phi) is 10.4. The number of hydrogen-bond acceptors (Lipinski definition) is 6. The number of amides is 3. The number of aliphatic hydroxyl groups is 1. The molecule has 40 heavy (non-hydrogen) atoms. The van der Waals surface area contributed by atoms with Gasteiger partial charge in [0.15, 0.2) is 0 Å². The molecule has 9 heteroatoms. The maximum atomic E-state index is 13.8. The van der Waals surface area contributed by atoms with Crippen LogP contribution in [-0.2, 0) is 16.0 Å². The number of likely N-dealkylation sites (tertiary alicyclic amines) is 1. The number of urea groups is 1. The normalized spacial score (nSPS) is 24.2. The number of rotatable bonds is 5. The number of hydrogen-bond donors (Lipinski definition) is 2. The lowest BCUT2D eigenvalue weighted by Crippen LogP contribution is -2.48. The summed E-state index contributed by atoms with van der Waals surface area (Å²) in [4.78, 5) is 34.5. The Morgan fingerprint density at radius 2 is 1.98 bits per heavy atom. The van der Waals surface area contributed by atoms with Crippen LogP contribution in [0.15, 0.2) is 48.8 Å². The molecule has 9 nitrogen and oxygen atoms in total. The van der Waals surface area contributed by atoms with Gasteiger partial charge in [0.1, 0.15) is 5.75 Å². The molecular formula is C31H44N4O5. The molecule has 0 aliphatic carbocycles. The molecule has 2 fully saturated rings. The molecule has 0 spiro atoms. The molecule has 0 radical (unpaired) electrons. The summed E-state index contributed by atoms with van der Waals surface area (Å²) in [5, 5.41) is 14.1. The molecule has 2 saturated heterocycles. The van der Waals surface area contributed by atoms with Gasteiger partial charge in [-0.15, -0.1) is 0 Å². The summed E-state index contributed by atoms with van der Waals surface area (Å²) in [6, 6.07) is 11.4. The highest BCUT2D eigenvalue weighted by Gasteiger charge is 2.36. The van der Waals surface area contributed by atoms with Gasteiger partial charge in [-0.3, -0.25) is 9.78 Å². The lowest BCUT2D eigenvalue weighted by Gasteiger charge is -2.39. The minimum Gasteiger partial charge on any atom is -0.497 e. The van der Waals surface area contributed by atoms with Crippen LogP contribution in [-0.4, -0.2) is 84.4 Å². The van der Waals surface area contributed by atoms with E-state index in [9.17, 15) is 14.7 Å². The maximum absolute atomic E-state index is 13.8. The number of fused-ring (bicyclic) bond motifs is 1.